The summed E-state index contributed by atoms with van der Waals surface area (Å²) in [6, 6.07) is 7.69. The van der Waals surface area contributed by atoms with E-state index in [1.807, 2.05) is 19.1 Å². The summed E-state index contributed by atoms with van der Waals surface area (Å²) in [6.45, 7) is 3.17. The number of aliphatic hydroxyl groups is 2. The Morgan fingerprint density at radius 1 is 1.24 bits per heavy atom. The van der Waals surface area contributed by atoms with Crippen LogP contribution >= 0.6 is 0 Å². The van der Waals surface area contributed by atoms with Gasteiger partial charge in [-0.25, -0.2) is 0 Å². The molecule has 0 aliphatic heterocycles. The molecule has 2 N–H and O–H groups in total. The van der Waals surface area contributed by atoms with E-state index in [9.17, 15) is 28.2 Å². The monoisotopic (exact) mass is 529 g/mol. The number of carbonyl (C=O) groups is 1. The van der Waals surface area contributed by atoms with Gasteiger partial charge in [-0.15, -0.1) is 13.2 Å². The summed E-state index contributed by atoms with van der Waals surface area (Å²) in [5, 5.41) is 20.7. The molecule has 204 valence electrons. The number of nitrogens with zero attached hydrogens (tertiary/aromatic N) is 1. The molecule has 38 heavy (non-hydrogen) atoms. The molecule has 5 nitrogen and oxygen atoms in total. The minimum Gasteiger partial charge on any atom is -0.406 e. The lowest BCUT2D eigenvalue weighted by Gasteiger charge is -2.25. The number of ketones is 1. The number of hydrogen-bond acceptors (Lipinski definition) is 5. The predicted molar refractivity (Wildman–Crippen MR) is 141 cm³/mol. The van der Waals surface area contributed by atoms with Crippen molar-refractivity contribution in [1.82, 2.24) is 0 Å². The molecule has 2 unspecified atom stereocenters. The Labute approximate surface area is 221 Å². The van der Waals surface area contributed by atoms with Crippen molar-refractivity contribution in [2.45, 2.75) is 77.2 Å². The SMILES string of the molecule is C/C=N\c1c(C)c(-c2ccc(OC(F)(F)F)cc2)cc(C2CCC(CCC(=O)C3=CCC3)C2)c1[C@H](O)CO. The summed E-state index contributed by atoms with van der Waals surface area (Å²) in [4.78, 5) is 16.9. The van der Waals surface area contributed by atoms with Gasteiger partial charge in [0.1, 0.15) is 11.9 Å². The van der Waals surface area contributed by atoms with Crippen LogP contribution in [-0.2, 0) is 4.79 Å². The number of hydrogen-bond donors (Lipinski definition) is 2. The number of aliphatic imine (C=N–C) groups is 1. The molecule has 3 atom stereocenters. The van der Waals surface area contributed by atoms with E-state index in [1.54, 1.807) is 25.3 Å². The molecule has 0 spiro atoms. The molecule has 0 bridgehead atoms. The number of Topliss-reactive ketones (excluding diaryl/α,β-unsaturated/α-hetero) is 1. The maximum absolute atomic E-state index is 12.6. The topological polar surface area (TPSA) is 79.1 Å². The first kappa shape index (κ1) is 28.0. The maximum atomic E-state index is 12.6. The Kier molecular flexibility index (Phi) is 8.73. The lowest BCUT2D eigenvalue weighted by Crippen LogP contribution is -2.16. The molecular weight excluding hydrogens is 495 g/mol. The first-order chi connectivity index (χ1) is 18.1. The summed E-state index contributed by atoms with van der Waals surface area (Å²) in [7, 11) is 0. The number of alkyl halides is 3. The van der Waals surface area contributed by atoms with Gasteiger partial charge in [0.2, 0.25) is 0 Å². The molecule has 2 aromatic rings. The molecule has 2 aromatic carbocycles. The largest absolute Gasteiger partial charge is 0.573 e. The minimum absolute atomic E-state index is 0.104. The summed E-state index contributed by atoms with van der Waals surface area (Å²) < 4.78 is 41.9. The highest BCUT2D eigenvalue weighted by atomic mass is 19.4. The van der Waals surface area contributed by atoms with Gasteiger partial charge in [0.25, 0.3) is 0 Å². The predicted octanol–water partition coefficient (Wildman–Crippen LogP) is 7.26. The number of benzene rings is 2. The Bertz CT molecular complexity index is 1220. The van der Waals surface area contributed by atoms with E-state index >= 15 is 0 Å². The number of aliphatic hydroxyl groups excluding tert-OH is 2. The van der Waals surface area contributed by atoms with Gasteiger partial charge in [0.15, 0.2) is 5.78 Å². The fourth-order valence-corrected chi connectivity index (χ4v) is 5.68. The number of ether oxygens (including phenoxy) is 1. The molecule has 1 saturated carbocycles. The fraction of sp³-hybridized carbons (Fsp3) is 0.467. The van der Waals surface area contributed by atoms with Crippen LogP contribution in [0.5, 0.6) is 5.75 Å². The third kappa shape index (κ3) is 6.35. The zero-order valence-electron chi connectivity index (χ0n) is 21.7. The van der Waals surface area contributed by atoms with Gasteiger partial charge in [-0.1, -0.05) is 24.3 Å². The van der Waals surface area contributed by atoms with Crippen molar-refractivity contribution in [3.8, 4) is 16.9 Å². The quantitative estimate of drug-likeness (QED) is 0.318. The van der Waals surface area contributed by atoms with Gasteiger partial charge in [-0.05, 0) is 104 Å². The highest BCUT2D eigenvalue weighted by molar-refractivity contribution is 5.96. The van der Waals surface area contributed by atoms with E-state index in [0.29, 0.717) is 29.2 Å². The van der Waals surface area contributed by atoms with E-state index in [2.05, 4.69) is 9.73 Å². The molecule has 2 aliphatic rings. The Morgan fingerprint density at radius 3 is 2.53 bits per heavy atom. The van der Waals surface area contributed by atoms with Crippen molar-refractivity contribution in [1.29, 1.82) is 0 Å². The summed E-state index contributed by atoms with van der Waals surface area (Å²) in [5.74, 6) is 0.424. The molecule has 0 radical (unpaired) electrons. The summed E-state index contributed by atoms with van der Waals surface area (Å²) in [6.07, 6.45) is 3.68. The van der Waals surface area contributed by atoms with Crippen LogP contribution in [0.4, 0.5) is 18.9 Å². The normalized spacial score (nSPS) is 20.3. The van der Waals surface area contributed by atoms with E-state index in [4.69, 9.17) is 0 Å². The van der Waals surface area contributed by atoms with Crippen molar-refractivity contribution < 1.29 is 32.9 Å². The minimum atomic E-state index is -4.77. The highest BCUT2D eigenvalue weighted by Crippen LogP contribution is 2.48. The number of halogens is 3. The maximum Gasteiger partial charge on any atom is 0.573 e. The second-order valence-electron chi connectivity index (χ2n) is 10.2. The summed E-state index contributed by atoms with van der Waals surface area (Å²) >= 11 is 0. The van der Waals surface area contributed by atoms with Gasteiger partial charge < -0.3 is 14.9 Å². The fourth-order valence-electron chi connectivity index (χ4n) is 5.68. The van der Waals surface area contributed by atoms with Gasteiger partial charge >= 0.3 is 6.36 Å². The number of allylic oxidation sites excluding steroid dienone is 2. The Morgan fingerprint density at radius 2 is 1.95 bits per heavy atom. The van der Waals surface area contributed by atoms with Crippen molar-refractivity contribution >= 4 is 17.7 Å². The molecule has 0 heterocycles. The molecule has 8 heteroatoms. The van der Waals surface area contributed by atoms with Crippen molar-refractivity contribution in [2.75, 3.05) is 6.61 Å². The van der Waals surface area contributed by atoms with Crippen LogP contribution in [0, 0.1) is 12.8 Å². The second kappa shape index (κ2) is 11.8. The van der Waals surface area contributed by atoms with E-state index in [-0.39, 0.29) is 17.5 Å². The summed E-state index contributed by atoms with van der Waals surface area (Å²) in [5.41, 5.74) is 5.24. The third-order valence-corrected chi connectivity index (χ3v) is 7.71. The molecule has 0 amide bonds. The van der Waals surface area contributed by atoms with E-state index in [1.165, 1.54) is 12.1 Å². The van der Waals surface area contributed by atoms with Crippen molar-refractivity contribution in [2.24, 2.45) is 10.9 Å². The molecule has 4 rings (SSSR count). The van der Waals surface area contributed by atoms with Crippen molar-refractivity contribution in [3.05, 3.63) is 58.7 Å². The lowest BCUT2D eigenvalue weighted by molar-refractivity contribution is -0.274. The highest BCUT2D eigenvalue weighted by Gasteiger charge is 2.33. The van der Waals surface area contributed by atoms with Gasteiger partial charge in [-0.2, -0.15) is 0 Å². The zero-order valence-corrected chi connectivity index (χ0v) is 21.7. The number of carbonyl (C=O) groups excluding carboxylic acids is 1. The lowest BCUT2D eigenvalue weighted by atomic mass is 9.83. The van der Waals surface area contributed by atoms with Crippen LogP contribution in [0.15, 0.2) is 47.0 Å². The molecule has 0 saturated heterocycles. The zero-order chi connectivity index (χ0) is 27.4. The van der Waals surface area contributed by atoms with Crippen LogP contribution < -0.4 is 4.74 Å². The Balaban J connectivity index is 1.67. The van der Waals surface area contributed by atoms with Gasteiger partial charge in [0, 0.05) is 18.2 Å². The standard InChI is InChI=1S/C30H34F3NO4/c1-3-34-29-18(2)24(20-10-12-23(13-11-20)38-30(31,32)33)16-25(28(29)27(37)17-35)22-9-7-19(15-22)8-14-26(36)21-5-4-6-21/h3,5,10-13,16,19,22,27,35,37H,4,6-9,14-15,17H2,1-2H3/b34-3-/t19?,22?,27-/m1/s1. The Hall–Kier alpha value is -2.97. The van der Waals surface area contributed by atoms with Crippen molar-refractivity contribution in [3.63, 3.8) is 0 Å². The smallest absolute Gasteiger partial charge is 0.406 e. The van der Waals surface area contributed by atoms with E-state index < -0.39 is 19.1 Å². The van der Waals surface area contributed by atoms with Crippen LogP contribution in [0.2, 0.25) is 0 Å². The molecular formula is C30H34F3NO4. The average Bonchev–Trinajstić information content (AvgIpc) is 3.31. The first-order valence-corrected chi connectivity index (χ1v) is 13.1. The van der Waals surface area contributed by atoms with Crippen LogP contribution in [-0.4, -0.2) is 35.2 Å². The molecule has 2 aliphatic carbocycles. The first-order valence-electron chi connectivity index (χ1n) is 13.1. The average molecular weight is 530 g/mol. The van der Waals surface area contributed by atoms with Crippen LogP contribution in [0.1, 0.15) is 80.6 Å². The molecule has 0 aromatic heterocycles. The second-order valence-corrected chi connectivity index (χ2v) is 10.2. The van der Waals surface area contributed by atoms with E-state index in [0.717, 1.165) is 60.8 Å². The van der Waals surface area contributed by atoms with Crippen LogP contribution in [0.3, 0.4) is 0 Å². The third-order valence-electron chi connectivity index (χ3n) is 7.71. The van der Waals surface area contributed by atoms with Gasteiger partial charge in [0.05, 0.1) is 12.3 Å². The van der Waals surface area contributed by atoms with Crippen LogP contribution in [0.25, 0.3) is 11.1 Å². The van der Waals surface area contributed by atoms with Gasteiger partial charge in [-0.3, -0.25) is 9.79 Å². The number of rotatable bonds is 10. The molecule has 1 fully saturated rings.